The smallest absolute Gasteiger partial charge is 0.134 e. The number of hydrogen-bond acceptors (Lipinski definition) is 4. The summed E-state index contributed by atoms with van der Waals surface area (Å²) in [7, 11) is 0. The largest absolute Gasteiger partial charge is 0.284 e. The number of rotatable bonds is 4. The highest BCUT2D eigenvalue weighted by Gasteiger charge is 2.17. The minimum atomic E-state index is -0.123. The summed E-state index contributed by atoms with van der Waals surface area (Å²) in [5, 5.41) is 9.02. The lowest BCUT2D eigenvalue weighted by atomic mass is 10.2. The van der Waals surface area contributed by atoms with E-state index in [4.69, 9.17) is 5.26 Å². The Balaban J connectivity index is 2.80. The Kier molecular flexibility index (Phi) is 3.87. The van der Waals surface area contributed by atoms with Gasteiger partial charge in [0.1, 0.15) is 6.04 Å². The third kappa shape index (κ3) is 2.27. The molecule has 1 aromatic heterocycles. The lowest BCUT2D eigenvalue weighted by Crippen LogP contribution is -2.26. The van der Waals surface area contributed by atoms with E-state index >= 15 is 0 Å². The van der Waals surface area contributed by atoms with Crippen LogP contribution in [-0.2, 0) is 0 Å². The van der Waals surface area contributed by atoms with Gasteiger partial charge in [-0.1, -0.05) is 13.8 Å². The number of nitriles is 1. The van der Waals surface area contributed by atoms with Crippen molar-refractivity contribution < 1.29 is 0 Å². The van der Waals surface area contributed by atoms with Crippen LogP contribution in [-0.4, -0.2) is 23.0 Å². The number of aromatic nitrogens is 1. The third-order valence-electron chi connectivity index (χ3n) is 2.02. The van der Waals surface area contributed by atoms with Crippen molar-refractivity contribution in [3.05, 3.63) is 16.6 Å². The Labute approximate surface area is 82.6 Å². The molecule has 0 N–H and O–H groups in total. The Hall–Kier alpha value is -0.920. The zero-order chi connectivity index (χ0) is 9.68. The van der Waals surface area contributed by atoms with Gasteiger partial charge in [0.2, 0.25) is 0 Å². The number of thiazole rings is 1. The molecule has 3 nitrogen and oxygen atoms in total. The molecule has 1 unspecified atom stereocenters. The van der Waals surface area contributed by atoms with Crippen molar-refractivity contribution >= 4 is 11.3 Å². The highest BCUT2D eigenvalue weighted by Crippen LogP contribution is 2.22. The van der Waals surface area contributed by atoms with Crippen molar-refractivity contribution in [2.75, 3.05) is 13.1 Å². The van der Waals surface area contributed by atoms with E-state index in [-0.39, 0.29) is 6.04 Å². The molecule has 0 fully saturated rings. The van der Waals surface area contributed by atoms with Crippen LogP contribution in [0.15, 0.2) is 11.7 Å². The van der Waals surface area contributed by atoms with E-state index in [1.165, 1.54) is 11.3 Å². The molecule has 0 bridgehead atoms. The normalized spacial score (nSPS) is 12.8. The molecule has 4 heteroatoms. The van der Waals surface area contributed by atoms with Crippen LogP contribution < -0.4 is 0 Å². The lowest BCUT2D eigenvalue weighted by Gasteiger charge is -2.22. The minimum absolute atomic E-state index is 0.123. The first-order valence-corrected chi connectivity index (χ1v) is 5.23. The number of nitrogens with zero attached hydrogens (tertiary/aromatic N) is 3. The van der Waals surface area contributed by atoms with Crippen LogP contribution in [0.1, 0.15) is 24.8 Å². The maximum Gasteiger partial charge on any atom is 0.134 e. The molecule has 13 heavy (non-hydrogen) atoms. The van der Waals surface area contributed by atoms with E-state index in [0.29, 0.717) is 0 Å². The Bertz CT molecular complexity index is 272. The van der Waals surface area contributed by atoms with Gasteiger partial charge in [-0.3, -0.25) is 9.88 Å². The van der Waals surface area contributed by atoms with Crippen molar-refractivity contribution in [2.24, 2.45) is 0 Å². The zero-order valence-corrected chi connectivity index (χ0v) is 8.71. The van der Waals surface area contributed by atoms with Crippen LogP contribution in [0.25, 0.3) is 0 Å². The van der Waals surface area contributed by atoms with Crippen molar-refractivity contribution in [2.45, 2.75) is 19.9 Å². The molecule has 1 aromatic rings. The van der Waals surface area contributed by atoms with E-state index in [9.17, 15) is 0 Å². The molecule has 1 rings (SSSR count). The van der Waals surface area contributed by atoms with Crippen LogP contribution >= 0.6 is 11.3 Å². The fourth-order valence-corrected chi connectivity index (χ4v) is 1.97. The van der Waals surface area contributed by atoms with Gasteiger partial charge < -0.3 is 0 Å². The van der Waals surface area contributed by atoms with Crippen LogP contribution in [0, 0.1) is 11.3 Å². The van der Waals surface area contributed by atoms with E-state index in [2.05, 4.69) is 29.8 Å². The van der Waals surface area contributed by atoms with Gasteiger partial charge in [-0.2, -0.15) is 5.26 Å². The first kappa shape index (κ1) is 10.2. The first-order chi connectivity index (χ1) is 6.33. The Morgan fingerprint density at radius 1 is 1.62 bits per heavy atom. The summed E-state index contributed by atoms with van der Waals surface area (Å²) < 4.78 is 0. The lowest BCUT2D eigenvalue weighted by molar-refractivity contribution is 0.265. The molecule has 0 saturated heterocycles. The molecule has 0 aliphatic rings. The molecule has 0 radical (unpaired) electrons. The molecular weight excluding hydrogens is 182 g/mol. The van der Waals surface area contributed by atoms with Crippen molar-refractivity contribution in [3.63, 3.8) is 0 Å². The van der Waals surface area contributed by atoms with Gasteiger partial charge in [-0.15, -0.1) is 11.3 Å². The van der Waals surface area contributed by atoms with Crippen LogP contribution in [0.5, 0.6) is 0 Å². The summed E-state index contributed by atoms with van der Waals surface area (Å²) in [6.07, 6.45) is 1.77. The predicted molar refractivity (Wildman–Crippen MR) is 53.4 cm³/mol. The Morgan fingerprint density at radius 2 is 2.31 bits per heavy atom. The molecule has 0 saturated carbocycles. The Morgan fingerprint density at radius 3 is 2.69 bits per heavy atom. The molecule has 0 aliphatic carbocycles. The summed E-state index contributed by atoms with van der Waals surface area (Å²) in [6, 6.07) is 2.18. The molecule has 0 aromatic carbocycles. The van der Waals surface area contributed by atoms with E-state index < -0.39 is 0 Å². The van der Waals surface area contributed by atoms with E-state index in [1.807, 2.05) is 0 Å². The van der Waals surface area contributed by atoms with Crippen LogP contribution in [0.3, 0.4) is 0 Å². The number of hydrogen-bond donors (Lipinski definition) is 0. The average molecular weight is 195 g/mol. The molecule has 1 heterocycles. The van der Waals surface area contributed by atoms with Gasteiger partial charge in [0.05, 0.1) is 16.5 Å². The van der Waals surface area contributed by atoms with Gasteiger partial charge in [0.15, 0.2) is 0 Å². The van der Waals surface area contributed by atoms with Crippen molar-refractivity contribution in [3.8, 4) is 6.07 Å². The summed E-state index contributed by atoms with van der Waals surface area (Å²) in [5.74, 6) is 0. The zero-order valence-electron chi connectivity index (χ0n) is 7.90. The molecule has 1 atom stereocenters. The monoisotopic (exact) mass is 195 g/mol. The highest BCUT2D eigenvalue weighted by atomic mass is 32.1. The molecular formula is C9H13N3S. The fourth-order valence-electron chi connectivity index (χ4n) is 1.27. The minimum Gasteiger partial charge on any atom is -0.284 e. The van der Waals surface area contributed by atoms with Crippen molar-refractivity contribution in [1.29, 1.82) is 5.26 Å². The summed E-state index contributed by atoms with van der Waals surface area (Å²) in [6.45, 7) is 5.92. The van der Waals surface area contributed by atoms with Crippen LogP contribution in [0.2, 0.25) is 0 Å². The standard InChI is InChI=1S/C9H13N3S/c1-3-12(4-2)8(5-10)9-6-11-7-13-9/h6-8H,3-4H2,1-2H3. The van der Waals surface area contributed by atoms with Gasteiger partial charge in [0, 0.05) is 6.20 Å². The SMILES string of the molecule is CCN(CC)C(C#N)c1cncs1. The molecule has 0 aliphatic heterocycles. The fraction of sp³-hybridized carbons (Fsp3) is 0.556. The van der Waals surface area contributed by atoms with Gasteiger partial charge >= 0.3 is 0 Å². The first-order valence-electron chi connectivity index (χ1n) is 4.35. The second-order valence-corrected chi connectivity index (χ2v) is 3.57. The maximum atomic E-state index is 9.02. The van der Waals surface area contributed by atoms with Gasteiger partial charge in [-0.25, -0.2) is 0 Å². The maximum absolute atomic E-state index is 9.02. The topological polar surface area (TPSA) is 39.9 Å². The van der Waals surface area contributed by atoms with Gasteiger partial charge in [-0.05, 0) is 13.1 Å². The second kappa shape index (κ2) is 4.95. The highest BCUT2D eigenvalue weighted by molar-refractivity contribution is 7.09. The molecule has 0 amide bonds. The molecule has 0 spiro atoms. The summed E-state index contributed by atoms with van der Waals surface area (Å²) in [5.41, 5.74) is 1.77. The van der Waals surface area contributed by atoms with Crippen LogP contribution in [0.4, 0.5) is 0 Å². The second-order valence-electron chi connectivity index (χ2n) is 2.66. The quantitative estimate of drug-likeness (QED) is 0.738. The van der Waals surface area contributed by atoms with E-state index in [1.54, 1.807) is 11.7 Å². The average Bonchev–Trinajstić information content (AvgIpc) is 2.66. The third-order valence-corrected chi connectivity index (χ3v) is 2.85. The predicted octanol–water partition coefficient (Wildman–Crippen LogP) is 2.05. The molecule has 70 valence electrons. The van der Waals surface area contributed by atoms with E-state index in [0.717, 1.165) is 18.0 Å². The van der Waals surface area contributed by atoms with Crippen molar-refractivity contribution in [1.82, 2.24) is 9.88 Å². The summed E-state index contributed by atoms with van der Waals surface area (Å²) in [4.78, 5) is 7.13. The van der Waals surface area contributed by atoms with Gasteiger partial charge in [0.25, 0.3) is 0 Å². The summed E-state index contributed by atoms with van der Waals surface area (Å²) >= 11 is 1.54.